The Morgan fingerprint density at radius 3 is 2.50 bits per heavy atom. The largest absolute Gasteiger partial charge is 0.480 e. The van der Waals surface area contributed by atoms with E-state index in [0.717, 1.165) is 22.0 Å². The number of carbonyl (C=O) groups is 1. The van der Waals surface area contributed by atoms with Crippen LogP contribution in [-0.4, -0.2) is 21.0 Å². The lowest BCUT2D eigenvalue weighted by atomic mass is 10.2. The summed E-state index contributed by atoms with van der Waals surface area (Å²) in [7, 11) is 0. The van der Waals surface area contributed by atoms with Gasteiger partial charge in [-0.05, 0) is 26.0 Å². The number of nitrogens with zero attached hydrogens (tertiary/aromatic N) is 2. The Hall–Kier alpha value is -1.79. The first-order chi connectivity index (χ1) is 8.47. The smallest absolute Gasteiger partial charge is 0.326 e. The summed E-state index contributed by atoms with van der Waals surface area (Å²) in [6.07, 6.45) is 0. The molecular formula is C12H13N3O2S. The fourth-order valence-corrected chi connectivity index (χ4v) is 2.49. The maximum Gasteiger partial charge on any atom is 0.326 e. The highest BCUT2D eigenvalue weighted by molar-refractivity contribution is 7.13. The number of hydrogen-bond acceptors (Lipinski definition) is 5. The van der Waals surface area contributed by atoms with Gasteiger partial charge in [0.2, 0.25) is 0 Å². The number of carboxylic acid groups (broad SMARTS) is 1. The van der Waals surface area contributed by atoms with Crippen LogP contribution >= 0.6 is 11.3 Å². The topological polar surface area (TPSA) is 89.1 Å². The Bertz CT molecular complexity index is 575. The van der Waals surface area contributed by atoms with E-state index in [1.807, 2.05) is 26.0 Å². The molecule has 0 bridgehead atoms. The van der Waals surface area contributed by atoms with Crippen molar-refractivity contribution in [2.75, 3.05) is 0 Å². The fourth-order valence-electron chi connectivity index (χ4n) is 1.65. The van der Waals surface area contributed by atoms with Crippen LogP contribution in [-0.2, 0) is 4.79 Å². The zero-order valence-electron chi connectivity index (χ0n) is 10.0. The highest BCUT2D eigenvalue weighted by Gasteiger charge is 2.18. The molecule has 2 aromatic rings. The lowest BCUT2D eigenvalue weighted by molar-refractivity contribution is -0.138. The van der Waals surface area contributed by atoms with Crippen molar-refractivity contribution in [1.82, 2.24) is 9.97 Å². The monoisotopic (exact) mass is 263 g/mol. The lowest BCUT2D eigenvalue weighted by Crippen LogP contribution is -2.20. The maximum absolute atomic E-state index is 10.8. The summed E-state index contributed by atoms with van der Waals surface area (Å²) < 4.78 is 0. The molecule has 1 unspecified atom stereocenters. The number of thiazole rings is 1. The van der Waals surface area contributed by atoms with Crippen molar-refractivity contribution in [3.8, 4) is 10.6 Å². The number of nitrogens with two attached hydrogens (primary N) is 1. The number of aryl methyl sites for hydroxylation is 2. The van der Waals surface area contributed by atoms with Gasteiger partial charge < -0.3 is 10.8 Å². The Kier molecular flexibility index (Phi) is 3.40. The molecule has 0 fully saturated rings. The van der Waals surface area contributed by atoms with Crippen LogP contribution in [0.5, 0.6) is 0 Å². The average molecular weight is 263 g/mol. The molecule has 2 rings (SSSR count). The fraction of sp³-hybridized carbons (Fsp3) is 0.250. The van der Waals surface area contributed by atoms with Crippen LogP contribution < -0.4 is 5.73 Å². The Morgan fingerprint density at radius 2 is 1.94 bits per heavy atom. The van der Waals surface area contributed by atoms with Gasteiger partial charge in [-0.2, -0.15) is 0 Å². The number of aromatic nitrogens is 2. The van der Waals surface area contributed by atoms with Gasteiger partial charge in [-0.3, -0.25) is 9.78 Å². The van der Waals surface area contributed by atoms with Gasteiger partial charge in [0.25, 0.3) is 0 Å². The third-order valence-electron chi connectivity index (χ3n) is 2.44. The number of aliphatic carboxylic acids is 1. The van der Waals surface area contributed by atoms with Crippen molar-refractivity contribution < 1.29 is 9.90 Å². The van der Waals surface area contributed by atoms with E-state index in [-0.39, 0.29) is 0 Å². The van der Waals surface area contributed by atoms with E-state index in [1.165, 1.54) is 11.3 Å². The van der Waals surface area contributed by atoms with Gasteiger partial charge in [0.05, 0.1) is 5.69 Å². The minimum absolute atomic E-state index is 0.384. The minimum atomic E-state index is -1.08. The summed E-state index contributed by atoms with van der Waals surface area (Å²) in [5.74, 6) is -1.08. The third-order valence-corrected chi connectivity index (χ3v) is 3.34. The quantitative estimate of drug-likeness (QED) is 0.883. The molecule has 0 aliphatic heterocycles. The number of carboxylic acids is 1. The second kappa shape index (κ2) is 4.83. The van der Waals surface area contributed by atoms with Gasteiger partial charge >= 0.3 is 5.97 Å². The molecule has 0 amide bonds. The van der Waals surface area contributed by atoms with Crippen molar-refractivity contribution in [2.24, 2.45) is 5.73 Å². The van der Waals surface area contributed by atoms with E-state index in [4.69, 9.17) is 10.8 Å². The summed E-state index contributed by atoms with van der Waals surface area (Å²) in [5.41, 5.74) is 8.66. The summed E-state index contributed by atoms with van der Waals surface area (Å²) in [4.78, 5) is 19.3. The molecule has 0 aliphatic rings. The second-order valence-electron chi connectivity index (χ2n) is 4.03. The average Bonchev–Trinajstić information content (AvgIpc) is 2.75. The molecule has 3 N–H and O–H groups in total. The van der Waals surface area contributed by atoms with Crippen molar-refractivity contribution in [3.63, 3.8) is 0 Å². The van der Waals surface area contributed by atoms with E-state index in [0.29, 0.717) is 5.69 Å². The summed E-state index contributed by atoms with van der Waals surface area (Å²) in [6, 6.07) is 2.77. The first kappa shape index (κ1) is 12.7. The van der Waals surface area contributed by atoms with Gasteiger partial charge in [0.1, 0.15) is 11.0 Å². The first-order valence-electron chi connectivity index (χ1n) is 5.37. The molecule has 6 heteroatoms. The molecule has 94 valence electrons. The number of rotatable bonds is 3. The molecule has 18 heavy (non-hydrogen) atoms. The standard InChI is InChI=1S/C12H13N3O2S/c1-6-3-8(4-7(2)14-6)11-15-9(5-18-11)10(13)12(16)17/h3-5,10H,13H2,1-2H3,(H,16,17). The van der Waals surface area contributed by atoms with Crippen molar-refractivity contribution >= 4 is 17.3 Å². The molecule has 2 heterocycles. The molecule has 0 spiro atoms. The Labute approximate surface area is 108 Å². The number of pyridine rings is 1. The van der Waals surface area contributed by atoms with Crippen LogP contribution in [0.25, 0.3) is 10.6 Å². The molecular weight excluding hydrogens is 250 g/mol. The van der Waals surface area contributed by atoms with E-state index in [2.05, 4.69) is 9.97 Å². The van der Waals surface area contributed by atoms with Gasteiger partial charge in [0.15, 0.2) is 0 Å². The van der Waals surface area contributed by atoms with Gasteiger partial charge in [0, 0.05) is 22.3 Å². The Morgan fingerprint density at radius 1 is 1.33 bits per heavy atom. The first-order valence-corrected chi connectivity index (χ1v) is 6.25. The molecule has 1 atom stereocenters. The van der Waals surface area contributed by atoms with Crippen molar-refractivity contribution in [1.29, 1.82) is 0 Å². The second-order valence-corrected chi connectivity index (χ2v) is 4.89. The van der Waals surface area contributed by atoms with Crippen LogP contribution in [0.15, 0.2) is 17.5 Å². The van der Waals surface area contributed by atoms with Gasteiger partial charge in [-0.25, -0.2) is 4.98 Å². The SMILES string of the molecule is Cc1cc(-c2nc(C(N)C(=O)O)cs2)cc(C)n1. The van der Waals surface area contributed by atoms with Crippen LogP contribution in [0.1, 0.15) is 23.1 Å². The van der Waals surface area contributed by atoms with Gasteiger partial charge in [-0.15, -0.1) is 11.3 Å². The van der Waals surface area contributed by atoms with E-state index in [1.54, 1.807) is 5.38 Å². The van der Waals surface area contributed by atoms with Crippen LogP contribution in [0, 0.1) is 13.8 Å². The summed E-state index contributed by atoms with van der Waals surface area (Å²) in [5, 5.41) is 11.3. The zero-order valence-corrected chi connectivity index (χ0v) is 10.9. The van der Waals surface area contributed by atoms with E-state index in [9.17, 15) is 4.79 Å². The molecule has 0 aromatic carbocycles. The predicted octanol–water partition coefficient (Wildman–Crippen LogP) is 1.91. The molecule has 2 aromatic heterocycles. The zero-order chi connectivity index (χ0) is 13.3. The minimum Gasteiger partial charge on any atom is -0.480 e. The van der Waals surface area contributed by atoms with Crippen LogP contribution in [0.4, 0.5) is 0 Å². The van der Waals surface area contributed by atoms with Crippen molar-refractivity contribution in [3.05, 3.63) is 34.6 Å². The number of hydrogen-bond donors (Lipinski definition) is 2. The lowest BCUT2D eigenvalue weighted by Gasteiger charge is -2.02. The highest BCUT2D eigenvalue weighted by atomic mass is 32.1. The van der Waals surface area contributed by atoms with E-state index < -0.39 is 12.0 Å². The van der Waals surface area contributed by atoms with Crippen LogP contribution in [0.3, 0.4) is 0 Å². The predicted molar refractivity (Wildman–Crippen MR) is 69.4 cm³/mol. The summed E-state index contributed by atoms with van der Waals surface area (Å²) in [6.45, 7) is 3.82. The molecule has 0 saturated carbocycles. The molecule has 0 aliphatic carbocycles. The highest BCUT2D eigenvalue weighted by Crippen LogP contribution is 2.26. The maximum atomic E-state index is 10.8. The molecule has 5 nitrogen and oxygen atoms in total. The normalized spacial score (nSPS) is 12.4. The van der Waals surface area contributed by atoms with E-state index >= 15 is 0 Å². The van der Waals surface area contributed by atoms with Crippen molar-refractivity contribution in [2.45, 2.75) is 19.9 Å². The Balaban J connectivity index is 2.37. The molecule has 0 radical (unpaired) electrons. The van der Waals surface area contributed by atoms with Crippen LogP contribution in [0.2, 0.25) is 0 Å². The van der Waals surface area contributed by atoms with Gasteiger partial charge in [-0.1, -0.05) is 0 Å². The third kappa shape index (κ3) is 2.55. The summed E-state index contributed by atoms with van der Waals surface area (Å²) >= 11 is 1.38. The molecule has 0 saturated heterocycles.